The van der Waals surface area contributed by atoms with E-state index in [1.165, 1.54) is 17.5 Å². The lowest BCUT2D eigenvalue weighted by Crippen LogP contribution is -2.51. The lowest BCUT2D eigenvalue weighted by Gasteiger charge is -2.35. The molecule has 2 N–H and O–H groups in total. The van der Waals surface area contributed by atoms with E-state index < -0.39 is 5.54 Å². The first kappa shape index (κ1) is 14.3. The molecular formula is C17H25NO. The van der Waals surface area contributed by atoms with E-state index in [1.54, 1.807) is 0 Å². The van der Waals surface area contributed by atoms with Crippen LogP contribution in [0.1, 0.15) is 59.7 Å². The molecule has 0 aromatic heterocycles. The molecule has 0 radical (unpaired) electrons. The van der Waals surface area contributed by atoms with Crippen molar-refractivity contribution in [3.8, 4) is 0 Å². The smallest absolute Gasteiger partial charge is 0.182 e. The average molecular weight is 259 g/mol. The molecule has 1 aromatic rings. The number of aryl methyl sites for hydroxylation is 3. The summed E-state index contributed by atoms with van der Waals surface area (Å²) in [6, 6.07) is 4.11. The zero-order valence-electron chi connectivity index (χ0n) is 12.5. The van der Waals surface area contributed by atoms with Crippen molar-refractivity contribution in [2.75, 3.05) is 0 Å². The van der Waals surface area contributed by atoms with Crippen molar-refractivity contribution in [2.45, 2.75) is 58.9 Å². The van der Waals surface area contributed by atoms with Crippen LogP contribution in [0.25, 0.3) is 0 Å². The highest BCUT2D eigenvalue weighted by Gasteiger charge is 2.38. The molecule has 1 aliphatic carbocycles. The second-order valence-corrected chi connectivity index (χ2v) is 6.44. The Balaban J connectivity index is 2.36. The van der Waals surface area contributed by atoms with Gasteiger partial charge in [-0.3, -0.25) is 4.79 Å². The summed E-state index contributed by atoms with van der Waals surface area (Å²) in [5.74, 6) is 0.689. The van der Waals surface area contributed by atoms with E-state index >= 15 is 0 Å². The molecule has 2 nitrogen and oxygen atoms in total. The number of ketones is 1. The number of rotatable bonds is 2. The number of hydrogen-bond donors (Lipinski definition) is 1. The molecule has 0 amide bonds. The Kier molecular flexibility index (Phi) is 3.82. The topological polar surface area (TPSA) is 43.1 Å². The molecule has 0 bridgehead atoms. The van der Waals surface area contributed by atoms with Gasteiger partial charge >= 0.3 is 0 Å². The van der Waals surface area contributed by atoms with Crippen molar-refractivity contribution in [3.05, 3.63) is 34.4 Å². The summed E-state index contributed by atoms with van der Waals surface area (Å²) >= 11 is 0. The molecule has 1 fully saturated rings. The van der Waals surface area contributed by atoms with Gasteiger partial charge in [0, 0.05) is 5.56 Å². The van der Waals surface area contributed by atoms with Gasteiger partial charge in [-0.1, -0.05) is 25.8 Å². The largest absolute Gasteiger partial charge is 0.319 e. The van der Waals surface area contributed by atoms with E-state index in [2.05, 4.69) is 26.8 Å². The van der Waals surface area contributed by atoms with Gasteiger partial charge in [0.2, 0.25) is 0 Å². The number of carbonyl (C=O) groups is 1. The van der Waals surface area contributed by atoms with Crippen molar-refractivity contribution in [3.63, 3.8) is 0 Å². The van der Waals surface area contributed by atoms with Crippen LogP contribution in [0, 0.1) is 26.7 Å². The maximum absolute atomic E-state index is 12.8. The third-order valence-corrected chi connectivity index (χ3v) is 4.57. The molecule has 0 spiro atoms. The third-order valence-electron chi connectivity index (χ3n) is 4.57. The Hall–Kier alpha value is -1.15. The Bertz CT molecular complexity index is 506. The number of nitrogens with two attached hydrogens (primary N) is 1. The highest BCUT2D eigenvalue weighted by atomic mass is 16.1. The maximum atomic E-state index is 12.8. The predicted octanol–water partition coefficient (Wildman–Crippen LogP) is 3.70. The average Bonchev–Trinajstić information content (AvgIpc) is 2.32. The van der Waals surface area contributed by atoms with Crippen LogP contribution < -0.4 is 5.73 Å². The summed E-state index contributed by atoms with van der Waals surface area (Å²) in [6.07, 6.45) is 3.90. The van der Waals surface area contributed by atoms with E-state index in [4.69, 9.17) is 5.73 Å². The summed E-state index contributed by atoms with van der Waals surface area (Å²) in [5, 5.41) is 0. The van der Waals surface area contributed by atoms with Crippen LogP contribution in [0.15, 0.2) is 12.1 Å². The fraction of sp³-hybridized carbons (Fsp3) is 0.588. The minimum atomic E-state index is -0.649. The fourth-order valence-corrected chi connectivity index (χ4v) is 3.27. The van der Waals surface area contributed by atoms with Gasteiger partial charge in [0.1, 0.15) is 0 Å². The van der Waals surface area contributed by atoms with Gasteiger partial charge in [-0.15, -0.1) is 0 Å². The molecule has 1 aromatic carbocycles. The van der Waals surface area contributed by atoms with Gasteiger partial charge < -0.3 is 5.73 Å². The van der Waals surface area contributed by atoms with Crippen molar-refractivity contribution >= 4 is 5.78 Å². The normalized spacial score (nSPS) is 27.3. The van der Waals surface area contributed by atoms with Crippen molar-refractivity contribution in [1.82, 2.24) is 0 Å². The monoisotopic (exact) mass is 259 g/mol. The number of Topliss-reactive ketones (excluding diaryl/α,β-unsaturated/α-hetero) is 1. The Labute approximate surface area is 116 Å². The molecule has 2 atom stereocenters. The molecule has 0 saturated heterocycles. The Morgan fingerprint density at radius 3 is 2.47 bits per heavy atom. The summed E-state index contributed by atoms with van der Waals surface area (Å²) in [4.78, 5) is 12.8. The molecule has 1 aliphatic rings. The first-order valence-corrected chi connectivity index (χ1v) is 7.25. The fourth-order valence-electron chi connectivity index (χ4n) is 3.27. The molecular weight excluding hydrogens is 234 g/mol. The zero-order chi connectivity index (χ0) is 14.2. The summed E-state index contributed by atoms with van der Waals surface area (Å²) < 4.78 is 0. The highest BCUT2D eigenvalue weighted by Crippen LogP contribution is 2.33. The van der Waals surface area contributed by atoms with E-state index in [0.29, 0.717) is 5.92 Å². The minimum Gasteiger partial charge on any atom is -0.319 e. The van der Waals surface area contributed by atoms with Crippen LogP contribution in [0.3, 0.4) is 0 Å². The quantitative estimate of drug-likeness (QED) is 0.823. The van der Waals surface area contributed by atoms with Crippen LogP contribution >= 0.6 is 0 Å². The summed E-state index contributed by atoms with van der Waals surface area (Å²) in [6.45, 7) is 8.34. The van der Waals surface area contributed by atoms with Crippen LogP contribution in [0.4, 0.5) is 0 Å². The van der Waals surface area contributed by atoms with E-state index in [1.807, 2.05) is 13.0 Å². The first-order valence-electron chi connectivity index (χ1n) is 7.25. The van der Waals surface area contributed by atoms with E-state index in [9.17, 15) is 4.79 Å². The SMILES string of the molecule is Cc1cc(C)c(C(=O)C2(N)CCCC(C)C2)cc1C. The Morgan fingerprint density at radius 2 is 1.84 bits per heavy atom. The van der Waals surface area contributed by atoms with Gasteiger partial charge in [-0.2, -0.15) is 0 Å². The van der Waals surface area contributed by atoms with Gasteiger partial charge in [-0.25, -0.2) is 0 Å². The molecule has 0 heterocycles. The molecule has 2 unspecified atom stereocenters. The summed E-state index contributed by atoms with van der Waals surface area (Å²) in [5.41, 5.74) is 10.1. The van der Waals surface area contributed by atoms with E-state index in [0.717, 1.165) is 30.4 Å². The standard InChI is InChI=1S/C17H25NO/c1-11-6-5-7-17(18,10-11)16(19)15-9-13(3)12(2)8-14(15)4/h8-9,11H,5-7,10,18H2,1-4H3. The second-order valence-electron chi connectivity index (χ2n) is 6.44. The molecule has 2 rings (SSSR count). The molecule has 19 heavy (non-hydrogen) atoms. The van der Waals surface area contributed by atoms with E-state index in [-0.39, 0.29) is 5.78 Å². The lowest BCUT2D eigenvalue weighted by molar-refractivity contribution is 0.0819. The first-order chi connectivity index (χ1) is 8.83. The third kappa shape index (κ3) is 2.74. The lowest BCUT2D eigenvalue weighted by atomic mass is 9.72. The number of carbonyl (C=O) groups excluding carboxylic acids is 1. The van der Waals surface area contributed by atoms with Crippen LogP contribution in [0.2, 0.25) is 0 Å². The Morgan fingerprint density at radius 1 is 1.21 bits per heavy atom. The number of benzene rings is 1. The molecule has 2 heteroatoms. The molecule has 104 valence electrons. The second kappa shape index (κ2) is 5.09. The van der Waals surface area contributed by atoms with Crippen LogP contribution in [0.5, 0.6) is 0 Å². The maximum Gasteiger partial charge on any atom is 0.182 e. The van der Waals surface area contributed by atoms with Crippen molar-refractivity contribution in [2.24, 2.45) is 11.7 Å². The van der Waals surface area contributed by atoms with Crippen molar-refractivity contribution < 1.29 is 4.79 Å². The summed E-state index contributed by atoms with van der Waals surface area (Å²) in [7, 11) is 0. The van der Waals surface area contributed by atoms with Gasteiger partial charge in [0.25, 0.3) is 0 Å². The van der Waals surface area contributed by atoms with Gasteiger partial charge in [-0.05, 0) is 62.3 Å². The van der Waals surface area contributed by atoms with Crippen LogP contribution in [-0.4, -0.2) is 11.3 Å². The van der Waals surface area contributed by atoms with Crippen LogP contribution in [-0.2, 0) is 0 Å². The predicted molar refractivity (Wildman–Crippen MR) is 79.5 cm³/mol. The van der Waals surface area contributed by atoms with Gasteiger partial charge in [0.05, 0.1) is 5.54 Å². The van der Waals surface area contributed by atoms with Crippen molar-refractivity contribution in [1.29, 1.82) is 0 Å². The van der Waals surface area contributed by atoms with Gasteiger partial charge in [0.15, 0.2) is 5.78 Å². The zero-order valence-corrected chi connectivity index (χ0v) is 12.5. The molecule has 1 saturated carbocycles. The molecule has 0 aliphatic heterocycles. The highest BCUT2D eigenvalue weighted by molar-refractivity contribution is 6.04. The number of hydrogen-bond acceptors (Lipinski definition) is 2. The minimum absolute atomic E-state index is 0.139.